The summed E-state index contributed by atoms with van der Waals surface area (Å²) in [5, 5.41) is 5.40. The molecule has 4 nitrogen and oxygen atoms in total. The highest BCUT2D eigenvalue weighted by atomic mass is 79.9. The number of anilines is 2. The lowest BCUT2D eigenvalue weighted by Crippen LogP contribution is -2.20. The topological polar surface area (TPSA) is 54.0 Å². The van der Waals surface area contributed by atoms with Crippen LogP contribution in [0.5, 0.6) is 0 Å². The van der Waals surface area contributed by atoms with Gasteiger partial charge in [0.05, 0.1) is 0 Å². The van der Waals surface area contributed by atoms with Crippen molar-refractivity contribution in [1.82, 2.24) is 4.98 Å². The number of nitrogens with zero attached hydrogens (tertiary/aromatic N) is 1. The number of carbonyl (C=O) groups excluding carboxylic acids is 1. The van der Waals surface area contributed by atoms with E-state index in [0.29, 0.717) is 5.82 Å². The zero-order valence-corrected chi connectivity index (χ0v) is 11.4. The molecule has 2 rings (SSSR count). The van der Waals surface area contributed by atoms with Crippen LogP contribution in [-0.2, 0) is 0 Å². The Balaban J connectivity index is 1.98. The highest BCUT2D eigenvalue weighted by molar-refractivity contribution is 9.10. The predicted octanol–water partition coefficient (Wildman–Crippen LogP) is 3.80. The molecule has 92 valence electrons. The fourth-order valence-corrected chi connectivity index (χ4v) is 1.68. The van der Waals surface area contributed by atoms with E-state index in [-0.39, 0.29) is 6.03 Å². The molecule has 0 atom stereocenters. The van der Waals surface area contributed by atoms with Crippen LogP contribution < -0.4 is 10.6 Å². The molecule has 0 saturated carbocycles. The number of aromatic nitrogens is 1. The number of halogens is 1. The van der Waals surface area contributed by atoms with Crippen LogP contribution >= 0.6 is 15.9 Å². The van der Waals surface area contributed by atoms with E-state index in [1.54, 1.807) is 12.3 Å². The summed E-state index contributed by atoms with van der Waals surface area (Å²) in [5.41, 5.74) is 1.77. The molecule has 1 heterocycles. The summed E-state index contributed by atoms with van der Waals surface area (Å²) in [6, 6.07) is 10.7. The Kier molecular flexibility index (Phi) is 3.94. The number of benzene rings is 1. The Bertz CT molecular complexity index is 554. The van der Waals surface area contributed by atoms with Gasteiger partial charge in [0, 0.05) is 16.4 Å². The molecule has 2 N–H and O–H groups in total. The van der Waals surface area contributed by atoms with E-state index < -0.39 is 0 Å². The Morgan fingerprint density at radius 3 is 2.56 bits per heavy atom. The van der Waals surface area contributed by atoms with Crippen molar-refractivity contribution in [3.05, 3.63) is 52.6 Å². The van der Waals surface area contributed by atoms with Gasteiger partial charge in [-0.1, -0.05) is 15.9 Å². The van der Waals surface area contributed by atoms with Crippen LogP contribution in [0.1, 0.15) is 5.56 Å². The molecule has 0 unspecified atom stereocenters. The van der Waals surface area contributed by atoms with Gasteiger partial charge in [-0.05, 0) is 48.9 Å². The van der Waals surface area contributed by atoms with Crippen molar-refractivity contribution in [3.8, 4) is 0 Å². The molecule has 0 saturated heterocycles. The molecule has 2 amide bonds. The molecule has 0 bridgehead atoms. The molecular formula is C13H12BrN3O. The van der Waals surface area contributed by atoms with Crippen LogP contribution in [-0.4, -0.2) is 11.0 Å². The van der Waals surface area contributed by atoms with E-state index in [1.165, 1.54) is 0 Å². The van der Waals surface area contributed by atoms with Crippen LogP contribution in [0, 0.1) is 6.92 Å². The van der Waals surface area contributed by atoms with Gasteiger partial charge >= 0.3 is 6.03 Å². The van der Waals surface area contributed by atoms with Crippen LogP contribution in [0.3, 0.4) is 0 Å². The SMILES string of the molecule is Cc1ccnc(NC(=O)Nc2ccc(Br)cc2)c1. The fourth-order valence-electron chi connectivity index (χ4n) is 1.42. The van der Waals surface area contributed by atoms with Crippen molar-refractivity contribution < 1.29 is 4.79 Å². The number of nitrogens with one attached hydrogen (secondary N) is 2. The second-order valence-electron chi connectivity index (χ2n) is 3.80. The molecular weight excluding hydrogens is 294 g/mol. The Morgan fingerprint density at radius 1 is 1.17 bits per heavy atom. The van der Waals surface area contributed by atoms with E-state index >= 15 is 0 Å². The number of urea groups is 1. The van der Waals surface area contributed by atoms with Crippen molar-refractivity contribution in [2.24, 2.45) is 0 Å². The van der Waals surface area contributed by atoms with Gasteiger partial charge in [0.15, 0.2) is 0 Å². The van der Waals surface area contributed by atoms with E-state index in [1.807, 2.05) is 37.3 Å². The molecule has 1 aromatic carbocycles. The number of aryl methyl sites for hydroxylation is 1. The molecule has 0 aliphatic rings. The lowest BCUT2D eigenvalue weighted by atomic mass is 10.3. The highest BCUT2D eigenvalue weighted by Crippen LogP contribution is 2.14. The first-order chi connectivity index (χ1) is 8.63. The molecule has 0 fully saturated rings. The number of amides is 2. The molecule has 0 aliphatic heterocycles. The number of hydrogen-bond acceptors (Lipinski definition) is 2. The summed E-state index contributed by atoms with van der Waals surface area (Å²) in [6.07, 6.45) is 1.66. The van der Waals surface area contributed by atoms with Gasteiger partial charge in [-0.3, -0.25) is 5.32 Å². The van der Waals surface area contributed by atoms with E-state index in [4.69, 9.17) is 0 Å². The quantitative estimate of drug-likeness (QED) is 0.886. The monoisotopic (exact) mass is 305 g/mol. The lowest BCUT2D eigenvalue weighted by Gasteiger charge is -2.07. The zero-order valence-electron chi connectivity index (χ0n) is 9.77. The van der Waals surface area contributed by atoms with Crippen molar-refractivity contribution in [3.63, 3.8) is 0 Å². The van der Waals surface area contributed by atoms with Gasteiger partial charge in [-0.15, -0.1) is 0 Å². The molecule has 2 aromatic rings. The Morgan fingerprint density at radius 2 is 1.89 bits per heavy atom. The molecule has 0 aliphatic carbocycles. The van der Waals surface area contributed by atoms with Crippen LogP contribution in [0.15, 0.2) is 47.1 Å². The van der Waals surface area contributed by atoms with Crippen molar-refractivity contribution in [2.75, 3.05) is 10.6 Å². The predicted molar refractivity (Wildman–Crippen MR) is 75.8 cm³/mol. The van der Waals surface area contributed by atoms with Gasteiger partial charge in [-0.25, -0.2) is 9.78 Å². The van der Waals surface area contributed by atoms with Crippen LogP contribution in [0.4, 0.5) is 16.3 Å². The van der Waals surface area contributed by atoms with Gasteiger partial charge in [0.2, 0.25) is 0 Å². The Labute approximate surface area is 114 Å². The zero-order chi connectivity index (χ0) is 13.0. The minimum absolute atomic E-state index is 0.310. The maximum Gasteiger partial charge on any atom is 0.324 e. The highest BCUT2D eigenvalue weighted by Gasteiger charge is 2.03. The number of carbonyl (C=O) groups is 1. The minimum atomic E-state index is -0.310. The standard InChI is InChI=1S/C13H12BrN3O/c1-9-6-7-15-12(8-9)17-13(18)16-11-4-2-10(14)3-5-11/h2-8H,1H3,(H2,15,16,17,18). The third-order valence-electron chi connectivity index (χ3n) is 2.26. The third-order valence-corrected chi connectivity index (χ3v) is 2.79. The first-order valence-corrected chi connectivity index (χ1v) is 6.19. The molecule has 5 heteroatoms. The van der Waals surface area contributed by atoms with Gasteiger partial charge in [0.1, 0.15) is 5.82 Å². The Hall–Kier alpha value is -1.88. The maximum absolute atomic E-state index is 11.7. The largest absolute Gasteiger partial charge is 0.324 e. The van der Waals surface area contributed by atoms with Gasteiger partial charge in [0.25, 0.3) is 0 Å². The van der Waals surface area contributed by atoms with E-state index in [2.05, 4.69) is 31.5 Å². The number of pyridine rings is 1. The molecule has 0 spiro atoms. The molecule has 1 aromatic heterocycles. The summed E-state index contributed by atoms with van der Waals surface area (Å²) in [4.78, 5) is 15.8. The first-order valence-electron chi connectivity index (χ1n) is 5.40. The minimum Gasteiger partial charge on any atom is -0.308 e. The molecule has 0 radical (unpaired) electrons. The first kappa shape index (κ1) is 12.6. The van der Waals surface area contributed by atoms with Gasteiger partial charge in [-0.2, -0.15) is 0 Å². The van der Waals surface area contributed by atoms with E-state index in [0.717, 1.165) is 15.7 Å². The van der Waals surface area contributed by atoms with Crippen LogP contribution in [0.2, 0.25) is 0 Å². The maximum atomic E-state index is 11.7. The lowest BCUT2D eigenvalue weighted by molar-refractivity contribution is 0.262. The average molecular weight is 306 g/mol. The summed E-state index contributed by atoms with van der Waals surface area (Å²) >= 11 is 3.34. The van der Waals surface area contributed by atoms with Crippen molar-refractivity contribution in [1.29, 1.82) is 0 Å². The van der Waals surface area contributed by atoms with Gasteiger partial charge < -0.3 is 5.32 Å². The number of hydrogen-bond donors (Lipinski definition) is 2. The smallest absolute Gasteiger partial charge is 0.308 e. The summed E-state index contributed by atoms with van der Waals surface area (Å²) in [5.74, 6) is 0.532. The second kappa shape index (κ2) is 5.64. The molecule has 18 heavy (non-hydrogen) atoms. The number of rotatable bonds is 2. The normalized spacial score (nSPS) is 9.89. The fraction of sp³-hybridized carbons (Fsp3) is 0.0769. The van der Waals surface area contributed by atoms with Crippen LogP contribution in [0.25, 0.3) is 0 Å². The van der Waals surface area contributed by atoms with Crippen molar-refractivity contribution >= 4 is 33.5 Å². The summed E-state index contributed by atoms with van der Waals surface area (Å²) in [6.45, 7) is 1.94. The summed E-state index contributed by atoms with van der Waals surface area (Å²) < 4.78 is 0.966. The van der Waals surface area contributed by atoms with Crippen molar-refractivity contribution in [2.45, 2.75) is 6.92 Å². The second-order valence-corrected chi connectivity index (χ2v) is 4.72. The van der Waals surface area contributed by atoms with E-state index in [9.17, 15) is 4.79 Å². The average Bonchev–Trinajstić information content (AvgIpc) is 2.32. The summed E-state index contributed by atoms with van der Waals surface area (Å²) in [7, 11) is 0. The third kappa shape index (κ3) is 3.56.